The van der Waals surface area contributed by atoms with Crippen LogP contribution in [0.25, 0.3) is 0 Å². The Bertz CT molecular complexity index is 543. The van der Waals surface area contributed by atoms with E-state index in [-0.39, 0.29) is 5.91 Å². The van der Waals surface area contributed by atoms with E-state index in [1.807, 2.05) is 35.2 Å². The maximum Gasteiger partial charge on any atom is 0.256 e. The number of carbonyl (C=O) groups excluding carboxylic acids is 1. The molecule has 5 nitrogen and oxygen atoms in total. The number of rotatable bonds is 5. The van der Waals surface area contributed by atoms with E-state index in [9.17, 15) is 4.79 Å². The van der Waals surface area contributed by atoms with Crippen molar-refractivity contribution < 1.29 is 9.53 Å². The quantitative estimate of drug-likeness (QED) is 0.818. The smallest absolute Gasteiger partial charge is 0.256 e. The summed E-state index contributed by atoms with van der Waals surface area (Å²) in [6.45, 7) is 5.85. The lowest BCUT2D eigenvalue weighted by molar-refractivity contribution is -0.144. The zero-order valence-electron chi connectivity index (χ0n) is 15.6. The summed E-state index contributed by atoms with van der Waals surface area (Å²) in [5, 5.41) is 0. The van der Waals surface area contributed by atoms with Crippen LogP contribution in [0.3, 0.4) is 0 Å². The highest BCUT2D eigenvalue weighted by atomic mass is 16.5. The zero-order valence-corrected chi connectivity index (χ0v) is 15.6. The molecule has 0 bridgehead atoms. The largest absolute Gasteiger partial charge is 0.367 e. The third-order valence-corrected chi connectivity index (χ3v) is 5.64. The minimum atomic E-state index is -0.489. The molecule has 1 aromatic rings. The van der Waals surface area contributed by atoms with Crippen LogP contribution in [0.5, 0.6) is 0 Å². The van der Waals surface area contributed by atoms with Crippen molar-refractivity contribution in [2.24, 2.45) is 0 Å². The maximum absolute atomic E-state index is 12.9. The lowest BCUT2D eigenvalue weighted by Gasteiger charge is -2.40. The van der Waals surface area contributed by atoms with E-state index < -0.39 is 6.10 Å². The molecular formula is C20H31N3O2. The highest BCUT2D eigenvalue weighted by Crippen LogP contribution is 2.21. The van der Waals surface area contributed by atoms with Gasteiger partial charge in [-0.25, -0.2) is 0 Å². The fourth-order valence-electron chi connectivity index (χ4n) is 4.00. The van der Waals surface area contributed by atoms with Crippen LogP contribution in [0.2, 0.25) is 0 Å². The molecule has 0 radical (unpaired) electrons. The van der Waals surface area contributed by atoms with Gasteiger partial charge in [0.2, 0.25) is 0 Å². The molecule has 1 aromatic carbocycles. The highest BCUT2D eigenvalue weighted by Gasteiger charge is 2.30. The number of likely N-dealkylation sites (tertiary alicyclic amines) is 1. The first-order valence-corrected chi connectivity index (χ1v) is 9.48. The topological polar surface area (TPSA) is 36.0 Å². The van der Waals surface area contributed by atoms with Crippen LogP contribution in [-0.2, 0) is 9.53 Å². The van der Waals surface area contributed by atoms with Gasteiger partial charge in [0.05, 0.1) is 0 Å². The third kappa shape index (κ3) is 4.60. The van der Waals surface area contributed by atoms with Crippen LogP contribution in [0.4, 0.5) is 0 Å². The number of nitrogens with zero attached hydrogens (tertiary/aromatic N) is 3. The molecule has 2 saturated heterocycles. The maximum atomic E-state index is 12.9. The molecule has 2 aliphatic rings. The number of hydrogen-bond donors (Lipinski definition) is 0. The van der Waals surface area contributed by atoms with Gasteiger partial charge in [-0.3, -0.25) is 9.69 Å². The van der Waals surface area contributed by atoms with Crippen LogP contribution in [-0.4, -0.2) is 80.1 Å². The molecule has 0 spiro atoms. The van der Waals surface area contributed by atoms with Crippen molar-refractivity contribution in [3.05, 3.63) is 35.9 Å². The van der Waals surface area contributed by atoms with Crippen LogP contribution in [0, 0.1) is 0 Å². The van der Waals surface area contributed by atoms with E-state index in [1.165, 1.54) is 25.8 Å². The van der Waals surface area contributed by atoms with Crippen molar-refractivity contribution >= 4 is 5.91 Å². The Morgan fingerprint density at radius 1 is 1.12 bits per heavy atom. The van der Waals surface area contributed by atoms with Gasteiger partial charge in [-0.15, -0.1) is 0 Å². The van der Waals surface area contributed by atoms with Crippen molar-refractivity contribution in [3.63, 3.8) is 0 Å². The first-order valence-electron chi connectivity index (χ1n) is 9.48. The summed E-state index contributed by atoms with van der Waals surface area (Å²) in [5.41, 5.74) is 0.932. The van der Waals surface area contributed by atoms with E-state index in [0.29, 0.717) is 6.04 Å². The normalized spacial score (nSPS) is 24.2. The van der Waals surface area contributed by atoms with Gasteiger partial charge in [0.15, 0.2) is 6.10 Å². The lowest BCUT2D eigenvalue weighted by atomic mass is 10.0. The number of piperazine rings is 1. The molecule has 0 N–H and O–H groups in total. The summed E-state index contributed by atoms with van der Waals surface area (Å²) < 4.78 is 5.50. The Morgan fingerprint density at radius 3 is 2.48 bits per heavy atom. The average Bonchev–Trinajstić information content (AvgIpc) is 2.66. The lowest BCUT2D eigenvalue weighted by Crippen LogP contribution is -2.53. The molecule has 1 amide bonds. The number of benzene rings is 1. The van der Waals surface area contributed by atoms with E-state index in [2.05, 4.69) is 16.8 Å². The third-order valence-electron chi connectivity index (χ3n) is 5.64. The Labute approximate surface area is 151 Å². The van der Waals surface area contributed by atoms with Crippen molar-refractivity contribution in [2.75, 3.05) is 53.4 Å². The molecule has 0 saturated carbocycles. The van der Waals surface area contributed by atoms with E-state index >= 15 is 0 Å². The van der Waals surface area contributed by atoms with Crippen molar-refractivity contribution in [1.29, 1.82) is 0 Å². The molecule has 2 aliphatic heterocycles. The molecule has 2 heterocycles. The molecule has 5 heteroatoms. The summed E-state index contributed by atoms with van der Waals surface area (Å²) in [4.78, 5) is 19.8. The molecule has 3 rings (SSSR count). The molecule has 2 atom stereocenters. The van der Waals surface area contributed by atoms with Crippen LogP contribution in [0.15, 0.2) is 30.3 Å². The number of ether oxygens (including phenoxy) is 1. The zero-order chi connectivity index (χ0) is 17.6. The van der Waals surface area contributed by atoms with E-state index in [1.54, 1.807) is 7.11 Å². The van der Waals surface area contributed by atoms with Gasteiger partial charge >= 0.3 is 0 Å². The Balaban J connectivity index is 1.52. The molecule has 138 valence electrons. The number of likely N-dealkylation sites (N-methyl/N-ethyl adjacent to an activating group) is 1. The summed E-state index contributed by atoms with van der Waals surface area (Å²) >= 11 is 0. The number of hydrogen-bond acceptors (Lipinski definition) is 4. The second-order valence-electron chi connectivity index (χ2n) is 7.28. The number of amides is 1. The first kappa shape index (κ1) is 18.4. The number of methoxy groups -OCH3 is 1. The van der Waals surface area contributed by atoms with Crippen LogP contribution in [0.1, 0.15) is 30.9 Å². The molecule has 25 heavy (non-hydrogen) atoms. The molecule has 0 aromatic heterocycles. The predicted molar refractivity (Wildman–Crippen MR) is 99.5 cm³/mol. The fraction of sp³-hybridized carbons (Fsp3) is 0.650. The van der Waals surface area contributed by atoms with E-state index in [4.69, 9.17) is 4.74 Å². The van der Waals surface area contributed by atoms with Gasteiger partial charge in [-0.05, 0) is 32.0 Å². The minimum absolute atomic E-state index is 0.0862. The van der Waals surface area contributed by atoms with Gasteiger partial charge < -0.3 is 14.5 Å². The molecule has 0 aliphatic carbocycles. The second kappa shape index (κ2) is 8.79. The minimum Gasteiger partial charge on any atom is -0.367 e. The first-order chi connectivity index (χ1) is 12.2. The van der Waals surface area contributed by atoms with Crippen LogP contribution >= 0.6 is 0 Å². The molecular weight excluding hydrogens is 314 g/mol. The Kier molecular flexibility index (Phi) is 6.45. The van der Waals surface area contributed by atoms with Crippen LogP contribution < -0.4 is 0 Å². The van der Waals surface area contributed by atoms with Gasteiger partial charge in [0.25, 0.3) is 5.91 Å². The van der Waals surface area contributed by atoms with E-state index in [0.717, 1.165) is 38.3 Å². The summed E-state index contributed by atoms with van der Waals surface area (Å²) in [6.07, 6.45) is 3.49. The summed E-state index contributed by atoms with van der Waals surface area (Å²) in [6, 6.07) is 10.5. The summed E-state index contributed by atoms with van der Waals surface area (Å²) in [7, 11) is 3.86. The highest BCUT2D eigenvalue weighted by molar-refractivity contribution is 5.82. The number of piperidine rings is 1. The fourth-order valence-corrected chi connectivity index (χ4v) is 4.00. The van der Waals surface area contributed by atoms with Crippen molar-refractivity contribution in [2.45, 2.75) is 31.4 Å². The predicted octanol–water partition coefficient (Wildman–Crippen LogP) is 2.00. The van der Waals surface area contributed by atoms with Gasteiger partial charge in [0.1, 0.15) is 0 Å². The Hall–Kier alpha value is -1.43. The monoisotopic (exact) mass is 345 g/mol. The standard InChI is InChI=1S/C20H31N3O2/c1-21-11-7-6-10-18(21)16-22-12-14-23(15-13-22)20(24)19(25-2)17-8-4-3-5-9-17/h3-5,8-9,18-19H,6-7,10-16H2,1-2H3/t18-,19+/m0/s1. The van der Waals surface area contributed by atoms with Gasteiger partial charge in [0, 0.05) is 45.9 Å². The van der Waals surface area contributed by atoms with Crippen molar-refractivity contribution in [1.82, 2.24) is 14.7 Å². The SMILES string of the molecule is CO[C@@H](C(=O)N1CCN(C[C@@H]2CCCCN2C)CC1)c1ccccc1. The molecule has 2 fully saturated rings. The number of carbonyl (C=O) groups is 1. The second-order valence-corrected chi connectivity index (χ2v) is 7.28. The average molecular weight is 345 g/mol. The summed E-state index contributed by atoms with van der Waals surface area (Å²) in [5.74, 6) is 0.0862. The van der Waals surface area contributed by atoms with Gasteiger partial charge in [-0.1, -0.05) is 36.8 Å². The molecule has 0 unspecified atom stereocenters. The van der Waals surface area contributed by atoms with Gasteiger partial charge in [-0.2, -0.15) is 0 Å². The van der Waals surface area contributed by atoms with Crippen molar-refractivity contribution in [3.8, 4) is 0 Å². The Morgan fingerprint density at radius 2 is 1.84 bits per heavy atom.